The van der Waals surface area contributed by atoms with Crippen LogP contribution < -0.4 is 10.6 Å². The number of carbonyl (C=O) groups excluding carboxylic acids is 1. The lowest BCUT2D eigenvalue weighted by Crippen LogP contribution is -2.26. The summed E-state index contributed by atoms with van der Waals surface area (Å²) in [5.41, 5.74) is 4.23. The molecule has 0 saturated heterocycles. The number of hydrogen-bond acceptors (Lipinski definition) is 4. The molecule has 4 aromatic rings. The number of nitrogens with one attached hydrogen (secondary N) is 2. The van der Waals surface area contributed by atoms with Crippen LogP contribution in [0, 0.1) is 0 Å². The van der Waals surface area contributed by atoms with Crippen LogP contribution in [0.3, 0.4) is 0 Å². The van der Waals surface area contributed by atoms with Gasteiger partial charge in [0.25, 0.3) is 5.91 Å². The van der Waals surface area contributed by atoms with Crippen LogP contribution in [0.1, 0.15) is 16.8 Å². The minimum absolute atomic E-state index is 0.0846. The van der Waals surface area contributed by atoms with Crippen molar-refractivity contribution in [1.82, 2.24) is 15.3 Å². The first kappa shape index (κ1) is 18.6. The Labute approximate surface area is 169 Å². The Bertz CT molecular complexity index is 1100. The SMILES string of the molecule is O=C(NCCCNc1ccccc1)c1cc(-c2ccncc2)nc2ccccc12. The van der Waals surface area contributed by atoms with E-state index < -0.39 is 0 Å². The minimum Gasteiger partial charge on any atom is -0.385 e. The summed E-state index contributed by atoms with van der Waals surface area (Å²) in [7, 11) is 0. The molecule has 0 aliphatic rings. The second kappa shape index (κ2) is 8.97. The molecule has 0 spiro atoms. The highest BCUT2D eigenvalue weighted by Crippen LogP contribution is 2.24. The number of fused-ring (bicyclic) bond motifs is 1. The molecule has 0 radical (unpaired) electrons. The molecule has 29 heavy (non-hydrogen) atoms. The van der Waals surface area contributed by atoms with Crippen molar-refractivity contribution in [1.29, 1.82) is 0 Å². The number of carbonyl (C=O) groups is 1. The molecular formula is C24H22N4O. The third kappa shape index (κ3) is 4.58. The van der Waals surface area contributed by atoms with Gasteiger partial charge in [-0.3, -0.25) is 9.78 Å². The Hall–Kier alpha value is -3.73. The van der Waals surface area contributed by atoms with E-state index in [2.05, 4.69) is 15.6 Å². The summed E-state index contributed by atoms with van der Waals surface area (Å²) in [6.45, 7) is 1.39. The van der Waals surface area contributed by atoms with Gasteiger partial charge in [0.1, 0.15) is 0 Å². The Kier molecular flexibility index (Phi) is 5.76. The summed E-state index contributed by atoms with van der Waals surface area (Å²) in [4.78, 5) is 21.7. The van der Waals surface area contributed by atoms with Crippen molar-refractivity contribution in [3.05, 3.63) is 90.8 Å². The monoisotopic (exact) mass is 382 g/mol. The molecule has 4 rings (SSSR count). The molecule has 0 aliphatic heterocycles. The van der Waals surface area contributed by atoms with Crippen molar-refractivity contribution < 1.29 is 4.79 Å². The van der Waals surface area contributed by atoms with Crippen molar-refractivity contribution >= 4 is 22.5 Å². The normalized spacial score (nSPS) is 10.6. The van der Waals surface area contributed by atoms with E-state index in [-0.39, 0.29) is 5.91 Å². The van der Waals surface area contributed by atoms with Crippen molar-refractivity contribution in [3.8, 4) is 11.3 Å². The number of hydrogen-bond donors (Lipinski definition) is 2. The molecule has 0 saturated carbocycles. The largest absolute Gasteiger partial charge is 0.385 e. The van der Waals surface area contributed by atoms with Gasteiger partial charge in [0.15, 0.2) is 0 Å². The predicted molar refractivity (Wildman–Crippen MR) is 117 cm³/mol. The van der Waals surface area contributed by atoms with Crippen molar-refractivity contribution in [3.63, 3.8) is 0 Å². The Morgan fingerprint density at radius 2 is 1.62 bits per heavy atom. The molecule has 0 unspecified atom stereocenters. The van der Waals surface area contributed by atoms with E-state index in [0.29, 0.717) is 12.1 Å². The highest BCUT2D eigenvalue weighted by Gasteiger charge is 2.13. The van der Waals surface area contributed by atoms with Crippen LogP contribution >= 0.6 is 0 Å². The summed E-state index contributed by atoms with van der Waals surface area (Å²) in [5.74, 6) is -0.0846. The first-order chi connectivity index (χ1) is 14.3. The lowest BCUT2D eigenvalue weighted by Gasteiger charge is -2.11. The van der Waals surface area contributed by atoms with Gasteiger partial charge >= 0.3 is 0 Å². The molecule has 144 valence electrons. The summed E-state index contributed by atoms with van der Waals surface area (Å²) < 4.78 is 0. The summed E-state index contributed by atoms with van der Waals surface area (Å²) in [5, 5.41) is 7.24. The van der Waals surface area contributed by atoms with Crippen LogP contribution in [0.5, 0.6) is 0 Å². The fraction of sp³-hybridized carbons (Fsp3) is 0.125. The van der Waals surface area contributed by atoms with Crippen molar-refractivity contribution in [2.45, 2.75) is 6.42 Å². The number of rotatable bonds is 7. The van der Waals surface area contributed by atoms with Gasteiger partial charge in [0, 0.05) is 42.1 Å². The van der Waals surface area contributed by atoms with Crippen molar-refractivity contribution in [2.24, 2.45) is 0 Å². The van der Waals surface area contributed by atoms with Gasteiger partial charge < -0.3 is 10.6 Å². The van der Waals surface area contributed by atoms with Crippen LogP contribution in [-0.4, -0.2) is 29.0 Å². The van der Waals surface area contributed by atoms with Gasteiger partial charge in [-0.25, -0.2) is 4.98 Å². The zero-order valence-corrected chi connectivity index (χ0v) is 16.0. The molecule has 0 atom stereocenters. The van der Waals surface area contributed by atoms with Crippen LogP contribution in [0.4, 0.5) is 5.69 Å². The molecule has 0 aliphatic carbocycles. The molecule has 5 heteroatoms. The first-order valence-electron chi connectivity index (χ1n) is 9.68. The maximum absolute atomic E-state index is 12.9. The zero-order valence-electron chi connectivity index (χ0n) is 16.0. The summed E-state index contributed by atoms with van der Waals surface area (Å²) in [6, 6.07) is 23.4. The highest BCUT2D eigenvalue weighted by atomic mass is 16.1. The molecule has 2 N–H and O–H groups in total. The van der Waals surface area contributed by atoms with E-state index >= 15 is 0 Å². The number of amides is 1. The topological polar surface area (TPSA) is 66.9 Å². The molecule has 0 fully saturated rings. The van der Waals surface area contributed by atoms with E-state index in [1.165, 1.54) is 0 Å². The number of benzene rings is 2. The maximum Gasteiger partial charge on any atom is 0.252 e. The molecule has 1 amide bonds. The Balaban J connectivity index is 1.46. The van der Waals surface area contributed by atoms with E-state index in [4.69, 9.17) is 4.98 Å². The van der Waals surface area contributed by atoms with E-state index in [1.54, 1.807) is 12.4 Å². The summed E-state index contributed by atoms with van der Waals surface area (Å²) in [6.07, 6.45) is 4.29. The number of anilines is 1. The van der Waals surface area contributed by atoms with Crippen LogP contribution in [0.25, 0.3) is 22.2 Å². The third-order valence-corrected chi connectivity index (χ3v) is 4.68. The predicted octanol–water partition coefficient (Wildman–Crippen LogP) is 4.53. The second-order valence-electron chi connectivity index (χ2n) is 6.71. The molecular weight excluding hydrogens is 360 g/mol. The smallest absolute Gasteiger partial charge is 0.252 e. The molecule has 5 nitrogen and oxygen atoms in total. The van der Waals surface area contributed by atoms with Gasteiger partial charge in [-0.1, -0.05) is 36.4 Å². The van der Waals surface area contributed by atoms with Crippen LogP contribution in [0.15, 0.2) is 85.2 Å². The van der Waals surface area contributed by atoms with E-state index in [1.807, 2.05) is 72.8 Å². The molecule has 2 aromatic heterocycles. The minimum atomic E-state index is -0.0846. The van der Waals surface area contributed by atoms with Crippen molar-refractivity contribution in [2.75, 3.05) is 18.4 Å². The Morgan fingerprint density at radius 3 is 2.45 bits per heavy atom. The van der Waals surface area contributed by atoms with Crippen LogP contribution in [-0.2, 0) is 0 Å². The average molecular weight is 382 g/mol. The number of pyridine rings is 2. The quantitative estimate of drug-likeness (QED) is 0.461. The van der Waals surface area contributed by atoms with Gasteiger partial charge in [-0.15, -0.1) is 0 Å². The van der Waals surface area contributed by atoms with Crippen LogP contribution in [0.2, 0.25) is 0 Å². The second-order valence-corrected chi connectivity index (χ2v) is 6.71. The molecule has 0 bridgehead atoms. The van der Waals surface area contributed by atoms with Gasteiger partial charge in [-0.2, -0.15) is 0 Å². The first-order valence-corrected chi connectivity index (χ1v) is 9.68. The van der Waals surface area contributed by atoms with E-state index in [9.17, 15) is 4.79 Å². The highest BCUT2D eigenvalue weighted by molar-refractivity contribution is 6.07. The number of para-hydroxylation sites is 2. The maximum atomic E-state index is 12.9. The van der Waals surface area contributed by atoms with E-state index in [0.717, 1.165) is 40.8 Å². The lowest BCUT2D eigenvalue weighted by atomic mass is 10.0. The molecule has 2 aromatic carbocycles. The molecule has 2 heterocycles. The fourth-order valence-corrected chi connectivity index (χ4v) is 3.21. The zero-order chi connectivity index (χ0) is 19.9. The third-order valence-electron chi connectivity index (χ3n) is 4.68. The van der Waals surface area contributed by atoms with Gasteiger partial charge in [-0.05, 0) is 42.8 Å². The Morgan fingerprint density at radius 1 is 0.862 bits per heavy atom. The van der Waals surface area contributed by atoms with Gasteiger partial charge in [0.2, 0.25) is 0 Å². The fourth-order valence-electron chi connectivity index (χ4n) is 3.21. The standard InChI is InChI=1S/C24H22N4O/c29-24(27-14-6-13-26-19-7-2-1-3-8-19)21-17-23(18-11-15-25-16-12-18)28-22-10-5-4-9-20(21)22/h1-5,7-12,15-17,26H,6,13-14H2,(H,27,29). The average Bonchev–Trinajstić information content (AvgIpc) is 2.79. The lowest BCUT2D eigenvalue weighted by molar-refractivity contribution is 0.0955. The number of aromatic nitrogens is 2. The number of nitrogens with zero attached hydrogens (tertiary/aromatic N) is 2. The van der Waals surface area contributed by atoms with Gasteiger partial charge in [0.05, 0.1) is 16.8 Å². The summed E-state index contributed by atoms with van der Waals surface area (Å²) >= 11 is 0.